The van der Waals surface area contributed by atoms with Gasteiger partial charge in [-0.15, -0.1) is 0 Å². The number of alkyl halides is 3. The number of hydrogen-bond donors (Lipinski definition) is 2. The molecule has 4 aromatic carbocycles. The van der Waals surface area contributed by atoms with Crippen LogP contribution in [0.25, 0.3) is 22.5 Å². The van der Waals surface area contributed by atoms with E-state index in [2.05, 4.69) is 20.5 Å². The molecule has 4 heterocycles. The SMILES string of the molecule is CC1(C)c2nc(-c3ccc(F)cc3)c(Oc3ccc(F)cc3)n2CCN1C(=O)CN.CCC(=O)N1CCn2c(nc(-c3ccc(F)cc3)c2Br)C1(C)C.O=CC(F)(F)F.Oc1ccc(F)cc1. The molecule has 6 aromatic rings. The maximum Gasteiger partial charge on any atom is 0.446 e. The van der Waals surface area contributed by atoms with Crippen LogP contribution in [0.2, 0.25) is 0 Å². The molecule has 2 aliphatic rings. The summed E-state index contributed by atoms with van der Waals surface area (Å²) in [5, 5.41) is 8.59. The van der Waals surface area contributed by atoms with Crippen molar-refractivity contribution in [3.63, 3.8) is 0 Å². The minimum Gasteiger partial charge on any atom is -0.508 e. The van der Waals surface area contributed by atoms with Crippen LogP contribution in [0.3, 0.4) is 0 Å². The Morgan fingerprint density at radius 1 is 0.687 bits per heavy atom. The van der Waals surface area contributed by atoms with Crippen molar-refractivity contribution in [1.82, 2.24) is 28.9 Å². The average Bonchev–Trinajstić information content (AvgIpc) is 3.84. The number of nitrogens with two attached hydrogens (primary N) is 1. The minimum atomic E-state index is -4.64. The number of nitrogens with zero attached hydrogens (tertiary/aromatic N) is 6. The molecule has 0 radical (unpaired) electrons. The number of phenols is 1. The summed E-state index contributed by atoms with van der Waals surface area (Å²) in [6.07, 6.45) is -5.22. The van der Waals surface area contributed by atoms with Crippen LogP contribution in [0.4, 0.5) is 30.7 Å². The molecule has 20 heteroatoms. The molecule has 0 saturated carbocycles. The third kappa shape index (κ3) is 12.3. The Hall–Kier alpha value is -6.54. The number of carbonyl (C=O) groups is 3. The molecule has 3 N–H and O–H groups in total. The van der Waals surface area contributed by atoms with E-state index in [1.54, 1.807) is 29.2 Å². The molecule has 0 saturated heterocycles. The third-order valence-electron chi connectivity index (χ3n) is 10.7. The summed E-state index contributed by atoms with van der Waals surface area (Å²) in [5.74, 6) is 1.10. The van der Waals surface area contributed by atoms with Crippen LogP contribution in [0.1, 0.15) is 52.7 Å². The highest BCUT2D eigenvalue weighted by Crippen LogP contribution is 2.42. The predicted molar refractivity (Wildman–Crippen MR) is 238 cm³/mol. The predicted octanol–water partition coefficient (Wildman–Crippen LogP) is 9.87. The molecule has 0 aliphatic carbocycles. The van der Waals surface area contributed by atoms with Crippen molar-refractivity contribution in [2.75, 3.05) is 19.6 Å². The van der Waals surface area contributed by atoms with Gasteiger partial charge < -0.3 is 29.9 Å². The zero-order valence-corrected chi connectivity index (χ0v) is 38.5. The molecule has 0 bridgehead atoms. The van der Waals surface area contributed by atoms with E-state index in [1.807, 2.05) is 44.1 Å². The third-order valence-corrected chi connectivity index (χ3v) is 11.5. The van der Waals surface area contributed by atoms with Crippen LogP contribution < -0.4 is 10.5 Å². The van der Waals surface area contributed by atoms with E-state index in [0.717, 1.165) is 21.7 Å². The number of benzene rings is 4. The molecule has 0 unspecified atom stereocenters. The Morgan fingerprint density at radius 2 is 1.07 bits per heavy atom. The second-order valence-electron chi connectivity index (χ2n) is 15.9. The Kier molecular flexibility index (Phi) is 16.4. The molecule has 356 valence electrons. The average molecular weight is 1000 g/mol. The van der Waals surface area contributed by atoms with Gasteiger partial charge in [0.25, 0.3) is 0 Å². The second kappa shape index (κ2) is 21.4. The van der Waals surface area contributed by atoms with Crippen LogP contribution in [0.5, 0.6) is 17.4 Å². The van der Waals surface area contributed by atoms with Gasteiger partial charge in [-0.2, -0.15) is 13.2 Å². The summed E-state index contributed by atoms with van der Waals surface area (Å²) in [7, 11) is 0. The standard InChI is InChI=1S/C22H22F2N4O2.C17H19BrFN3O.C6H5FO.C2HF3O/c1-22(2)21-26-19(14-3-5-15(23)6-4-14)20(30-17-9-7-16(24)8-10-17)27(21)11-12-28(22)18(29)13-25;1-4-13(23)22-10-9-21-15(18)14(20-16(21)17(22,2)3)11-5-7-12(19)8-6-11;7-5-1-3-6(8)4-2-5;3-2(4,5)1-6/h3-10H,11-13,25H2,1-2H3;5-8H,4,9-10H2,1-3H3;1-4,8H;1H. The van der Waals surface area contributed by atoms with E-state index in [9.17, 15) is 40.3 Å². The molecule has 0 atom stereocenters. The Labute approximate surface area is 389 Å². The van der Waals surface area contributed by atoms with Gasteiger partial charge in [0.15, 0.2) is 0 Å². The Bertz CT molecular complexity index is 2630. The maximum atomic E-state index is 13.5. The number of aromatic hydroxyl groups is 1. The van der Waals surface area contributed by atoms with Gasteiger partial charge in [0.2, 0.25) is 24.0 Å². The van der Waals surface area contributed by atoms with Crippen LogP contribution in [-0.2, 0) is 38.6 Å². The first-order valence-corrected chi connectivity index (χ1v) is 21.4. The molecule has 2 amide bonds. The number of aromatic nitrogens is 4. The number of halogens is 8. The molecule has 2 aliphatic heterocycles. The van der Waals surface area contributed by atoms with E-state index < -0.39 is 23.5 Å². The summed E-state index contributed by atoms with van der Waals surface area (Å²) in [6, 6.07) is 22.9. The largest absolute Gasteiger partial charge is 0.508 e. The number of phenolic OH excluding ortho intramolecular Hbond substituents is 1. The quantitative estimate of drug-likeness (QED) is 0.124. The molecule has 67 heavy (non-hydrogen) atoms. The van der Waals surface area contributed by atoms with Crippen LogP contribution in [-0.4, -0.2) is 77.9 Å². The smallest absolute Gasteiger partial charge is 0.446 e. The number of carbonyl (C=O) groups excluding carboxylic acids is 3. The number of fused-ring (bicyclic) bond motifs is 2. The fourth-order valence-electron chi connectivity index (χ4n) is 7.34. The number of rotatable bonds is 6. The summed E-state index contributed by atoms with van der Waals surface area (Å²) in [5.41, 5.74) is 7.20. The lowest BCUT2D eigenvalue weighted by Crippen LogP contribution is -2.53. The Morgan fingerprint density at radius 3 is 1.51 bits per heavy atom. The van der Waals surface area contributed by atoms with Crippen LogP contribution in [0.15, 0.2) is 102 Å². The van der Waals surface area contributed by atoms with Gasteiger partial charge in [0, 0.05) is 43.7 Å². The zero-order valence-electron chi connectivity index (χ0n) is 36.9. The van der Waals surface area contributed by atoms with E-state index in [0.29, 0.717) is 61.3 Å². The highest BCUT2D eigenvalue weighted by molar-refractivity contribution is 9.10. The topological polar surface area (TPSA) is 149 Å². The molecule has 2 aromatic heterocycles. The van der Waals surface area contributed by atoms with Gasteiger partial charge in [0.1, 0.15) is 62.4 Å². The normalized spacial score (nSPS) is 14.4. The van der Waals surface area contributed by atoms with Crippen LogP contribution in [0, 0.1) is 23.3 Å². The van der Waals surface area contributed by atoms with Gasteiger partial charge in [0.05, 0.1) is 17.6 Å². The molecule has 8 rings (SSSR count). The number of imidazole rings is 2. The first kappa shape index (κ1) is 51.4. The number of hydrogen-bond acceptors (Lipinski definition) is 8. The van der Waals surface area contributed by atoms with Gasteiger partial charge in [-0.1, -0.05) is 6.92 Å². The van der Waals surface area contributed by atoms with Crippen molar-refractivity contribution in [2.45, 2.75) is 71.4 Å². The second-order valence-corrected chi connectivity index (χ2v) is 16.7. The lowest BCUT2D eigenvalue weighted by molar-refractivity contribution is -0.156. The minimum absolute atomic E-state index is 0.0893. The maximum absolute atomic E-state index is 13.5. The fourth-order valence-corrected chi connectivity index (χ4v) is 8.00. The monoisotopic (exact) mass is 1000 g/mol. The van der Waals surface area contributed by atoms with Gasteiger partial charge >= 0.3 is 6.18 Å². The van der Waals surface area contributed by atoms with E-state index >= 15 is 0 Å². The first-order chi connectivity index (χ1) is 31.5. The molecule has 0 fully saturated rings. The van der Waals surface area contributed by atoms with E-state index in [-0.39, 0.29) is 47.4 Å². The van der Waals surface area contributed by atoms with Crippen molar-refractivity contribution in [3.05, 3.63) is 137 Å². The number of ether oxygens (including phenoxy) is 1. The first-order valence-electron chi connectivity index (χ1n) is 20.6. The van der Waals surface area contributed by atoms with E-state index in [1.165, 1.54) is 72.8 Å². The number of amides is 2. The lowest BCUT2D eigenvalue weighted by atomic mass is 9.98. The summed E-state index contributed by atoms with van der Waals surface area (Å²) < 4.78 is 94.1. The highest BCUT2D eigenvalue weighted by atomic mass is 79.9. The van der Waals surface area contributed by atoms with Gasteiger partial charge in [-0.3, -0.25) is 19.0 Å². The van der Waals surface area contributed by atoms with Crippen molar-refractivity contribution >= 4 is 34.0 Å². The van der Waals surface area contributed by atoms with Crippen molar-refractivity contribution in [1.29, 1.82) is 0 Å². The summed E-state index contributed by atoms with van der Waals surface area (Å²) >= 11 is 3.62. The van der Waals surface area contributed by atoms with E-state index in [4.69, 9.17) is 30.3 Å². The molecule has 12 nitrogen and oxygen atoms in total. The summed E-state index contributed by atoms with van der Waals surface area (Å²) in [4.78, 5) is 46.4. The molecular formula is C47H47BrF7N7O5. The molecular weight excluding hydrogens is 955 g/mol. The van der Waals surface area contributed by atoms with Gasteiger partial charge in [-0.25, -0.2) is 27.5 Å². The molecule has 0 spiro atoms. The van der Waals surface area contributed by atoms with Crippen molar-refractivity contribution < 1.29 is 55.0 Å². The number of aldehydes is 1. The zero-order chi connectivity index (χ0) is 49.4. The van der Waals surface area contributed by atoms with Crippen molar-refractivity contribution in [2.24, 2.45) is 5.73 Å². The highest BCUT2D eigenvalue weighted by Gasteiger charge is 2.42. The van der Waals surface area contributed by atoms with Crippen LogP contribution >= 0.6 is 15.9 Å². The summed E-state index contributed by atoms with van der Waals surface area (Å²) in [6.45, 7) is 11.9. The van der Waals surface area contributed by atoms with Crippen molar-refractivity contribution in [3.8, 4) is 39.9 Å². The Balaban J connectivity index is 0.000000199. The fraction of sp³-hybridized carbons (Fsp3) is 0.298. The lowest BCUT2D eigenvalue weighted by Gasteiger charge is -2.42. The van der Waals surface area contributed by atoms with Gasteiger partial charge in [-0.05, 0) is 141 Å².